The summed E-state index contributed by atoms with van der Waals surface area (Å²) in [5.74, 6) is 0. The van der Waals surface area contributed by atoms with Crippen LogP contribution in [-0.2, 0) is 6.54 Å². The molecule has 0 bridgehead atoms. The van der Waals surface area contributed by atoms with Crippen molar-refractivity contribution in [2.45, 2.75) is 25.9 Å². The first kappa shape index (κ1) is 14.0. The molecule has 96 valence electrons. The standard InChI is InChI=1S/C13H14BrClN2S/c1-2-12(13-16-5-6-18-13)17-8-9-7-10(15)3-4-11(9)14/h3-7,12,17H,2,8H2,1H3. The third kappa shape index (κ3) is 3.54. The van der Waals surface area contributed by atoms with Crippen LogP contribution in [-0.4, -0.2) is 4.98 Å². The molecule has 1 heterocycles. The molecule has 0 aliphatic rings. The summed E-state index contributed by atoms with van der Waals surface area (Å²) in [5.41, 5.74) is 1.16. The highest BCUT2D eigenvalue weighted by molar-refractivity contribution is 9.10. The summed E-state index contributed by atoms with van der Waals surface area (Å²) < 4.78 is 1.08. The molecule has 0 aliphatic carbocycles. The van der Waals surface area contributed by atoms with Gasteiger partial charge in [0.25, 0.3) is 0 Å². The molecule has 5 heteroatoms. The summed E-state index contributed by atoms with van der Waals surface area (Å²) in [6.45, 7) is 2.94. The Morgan fingerprint density at radius 1 is 1.50 bits per heavy atom. The number of aromatic nitrogens is 1. The molecule has 1 N–H and O–H groups in total. The molecule has 2 nitrogen and oxygen atoms in total. The molecule has 0 fully saturated rings. The number of hydrogen-bond donors (Lipinski definition) is 1. The van der Waals surface area contributed by atoms with E-state index in [9.17, 15) is 0 Å². The first-order chi connectivity index (χ1) is 8.70. The minimum Gasteiger partial charge on any atom is -0.304 e. The van der Waals surface area contributed by atoms with Crippen molar-refractivity contribution >= 4 is 38.9 Å². The monoisotopic (exact) mass is 344 g/mol. The number of halogens is 2. The Labute approximate surface area is 125 Å². The van der Waals surface area contributed by atoms with Gasteiger partial charge in [0.15, 0.2) is 0 Å². The summed E-state index contributed by atoms with van der Waals surface area (Å²) >= 11 is 11.2. The molecule has 0 saturated carbocycles. The molecule has 1 aromatic carbocycles. The highest BCUT2D eigenvalue weighted by atomic mass is 79.9. The van der Waals surface area contributed by atoms with E-state index in [2.05, 4.69) is 33.2 Å². The minimum absolute atomic E-state index is 0.302. The molecule has 2 rings (SSSR count). The Morgan fingerprint density at radius 2 is 2.33 bits per heavy atom. The SMILES string of the molecule is CCC(NCc1cc(Cl)ccc1Br)c1nccs1. The largest absolute Gasteiger partial charge is 0.304 e. The quantitative estimate of drug-likeness (QED) is 0.842. The maximum absolute atomic E-state index is 6.01. The fourth-order valence-corrected chi connectivity index (χ4v) is 3.10. The van der Waals surface area contributed by atoms with Gasteiger partial charge in [0.05, 0.1) is 6.04 Å². The summed E-state index contributed by atoms with van der Waals surface area (Å²) in [4.78, 5) is 4.36. The third-order valence-electron chi connectivity index (χ3n) is 2.70. The van der Waals surface area contributed by atoms with Gasteiger partial charge in [-0.15, -0.1) is 11.3 Å². The van der Waals surface area contributed by atoms with Crippen LogP contribution in [0.1, 0.15) is 30.0 Å². The number of hydrogen-bond acceptors (Lipinski definition) is 3. The highest BCUT2D eigenvalue weighted by Crippen LogP contribution is 2.23. The van der Waals surface area contributed by atoms with Crippen molar-refractivity contribution in [1.82, 2.24) is 10.3 Å². The van der Waals surface area contributed by atoms with Crippen LogP contribution in [0.5, 0.6) is 0 Å². The van der Waals surface area contributed by atoms with E-state index in [-0.39, 0.29) is 0 Å². The first-order valence-electron chi connectivity index (χ1n) is 5.77. The van der Waals surface area contributed by atoms with Crippen LogP contribution < -0.4 is 5.32 Å². The van der Waals surface area contributed by atoms with Crippen LogP contribution in [0, 0.1) is 0 Å². The van der Waals surface area contributed by atoms with Crippen LogP contribution in [0.15, 0.2) is 34.2 Å². The van der Waals surface area contributed by atoms with E-state index in [1.807, 2.05) is 29.8 Å². The van der Waals surface area contributed by atoms with Crippen molar-refractivity contribution in [3.8, 4) is 0 Å². The summed E-state index contributed by atoms with van der Waals surface area (Å²) in [5, 5.41) is 7.42. The lowest BCUT2D eigenvalue weighted by Gasteiger charge is -2.15. The Bertz CT molecular complexity index is 502. The third-order valence-corrected chi connectivity index (χ3v) is 4.60. The van der Waals surface area contributed by atoms with Crippen molar-refractivity contribution in [3.05, 3.63) is 49.8 Å². The van der Waals surface area contributed by atoms with E-state index in [1.165, 1.54) is 0 Å². The summed E-state index contributed by atoms with van der Waals surface area (Å²) in [7, 11) is 0. The number of nitrogens with one attached hydrogen (secondary N) is 1. The van der Waals surface area contributed by atoms with Crippen molar-refractivity contribution in [2.24, 2.45) is 0 Å². The molecule has 0 amide bonds. The van der Waals surface area contributed by atoms with Crippen molar-refractivity contribution in [2.75, 3.05) is 0 Å². The average molecular weight is 346 g/mol. The van der Waals surface area contributed by atoms with Gasteiger partial charge in [0.2, 0.25) is 0 Å². The number of thiazole rings is 1. The van der Waals surface area contributed by atoms with Crippen LogP contribution in [0.2, 0.25) is 5.02 Å². The lowest BCUT2D eigenvalue weighted by atomic mass is 10.2. The van der Waals surface area contributed by atoms with Gasteiger partial charge in [-0.05, 0) is 30.2 Å². The predicted octanol–water partition coefficient (Wildman–Crippen LogP) is 4.80. The van der Waals surface area contributed by atoms with Crippen molar-refractivity contribution in [3.63, 3.8) is 0 Å². The van der Waals surface area contributed by atoms with Gasteiger partial charge >= 0.3 is 0 Å². The Hall–Kier alpha value is -0.420. The van der Waals surface area contributed by atoms with Gasteiger partial charge in [-0.3, -0.25) is 0 Å². The zero-order chi connectivity index (χ0) is 13.0. The zero-order valence-corrected chi connectivity index (χ0v) is 13.1. The number of rotatable bonds is 5. The fourth-order valence-electron chi connectivity index (χ4n) is 1.72. The van der Waals surface area contributed by atoms with Gasteiger partial charge in [0, 0.05) is 27.6 Å². The summed E-state index contributed by atoms with van der Waals surface area (Å²) in [6, 6.07) is 6.14. The molecule has 2 aromatic rings. The Kier molecular flexibility index (Phi) is 5.18. The van der Waals surface area contributed by atoms with Crippen LogP contribution >= 0.6 is 38.9 Å². The predicted molar refractivity (Wildman–Crippen MR) is 81.1 cm³/mol. The molecule has 1 unspecified atom stereocenters. The topological polar surface area (TPSA) is 24.9 Å². The maximum Gasteiger partial charge on any atom is 0.109 e. The summed E-state index contributed by atoms with van der Waals surface area (Å²) in [6.07, 6.45) is 2.87. The van der Waals surface area contributed by atoms with E-state index in [0.717, 1.165) is 33.0 Å². The smallest absolute Gasteiger partial charge is 0.109 e. The maximum atomic E-state index is 6.01. The van der Waals surface area contributed by atoms with E-state index >= 15 is 0 Å². The number of nitrogens with zero attached hydrogens (tertiary/aromatic N) is 1. The fraction of sp³-hybridized carbons (Fsp3) is 0.308. The molecule has 18 heavy (non-hydrogen) atoms. The molecule has 0 aliphatic heterocycles. The van der Waals surface area contributed by atoms with Crippen molar-refractivity contribution < 1.29 is 0 Å². The Balaban J connectivity index is 2.04. The molecule has 1 aromatic heterocycles. The average Bonchev–Trinajstić information content (AvgIpc) is 2.88. The van der Waals surface area contributed by atoms with E-state index in [4.69, 9.17) is 11.6 Å². The molecular weight excluding hydrogens is 332 g/mol. The van der Waals surface area contributed by atoms with Crippen LogP contribution in [0.4, 0.5) is 0 Å². The lowest BCUT2D eigenvalue weighted by Crippen LogP contribution is -2.20. The second-order valence-corrected chi connectivity index (χ2v) is 6.16. The normalized spacial score (nSPS) is 12.6. The second-order valence-electron chi connectivity index (χ2n) is 3.95. The van der Waals surface area contributed by atoms with Gasteiger partial charge in [-0.2, -0.15) is 0 Å². The van der Waals surface area contributed by atoms with E-state index < -0.39 is 0 Å². The number of benzene rings is 1. The molecular formula is C13H14BrClN2S. The van der Waals surface area contributed by atoms with E-state index in [0.29, 0.717) is 6.04 Å². The molecule has 1 atom stereocenters. The van der Waals surface area contributed by atoms with Crippen LogP contribution in [0.25, 0.3) is 0 Å². The highest BCUT2D eigenvalue weighted by Gasteiger charge is 2.11. The minimum atomic E-state index is 0.302. The van der Waals surface area contributed by atoms with Gasteiger partial charge in [-0.1, -0.05) is 34.5 Å². The van der Waals surface area contributed by atoms with Gasteiger partial charge in [0.1, 0.15) is 5.01 Å². The molecule has 0 saturated heterocycles. The van der Waals surface area contributed by atoms with Crippen molar-refractivity contribution in [1.29, 1.82) is 0 Å². The van der Waals surface area contributed by atoms with E-state index in [1.54, 1.807) is 11.3 Å². The molecule has 0 radical (unpaired) electrons. The lowest BCUT2D eigenvalue weighted by molar-refractivity contribution is 0.516. The first-order valence-corrected chi connectivity index (χ1v) is 7.82. The zero-order valence-electron chi connectivity index (χ0n) is 9.99. The van der Waals surface area contributed by atoms with Gasteiger partial charge < -0.3 is 5.32 Å². The second kappa shape index (κ2) is 6.66. The molecule has 0 spiro atoms. The van der Waals surface area contributed by atoms with Gasteiger partial charge in [-0.25, -0.2) is 4.98 Å². The van der Waals surface area contributed by atoms with Crippen LogP contribution in [0.3, 0.4) is 0 Å². The Morgan fingerprint density at radius 3 is 3.00 bits per heavy atom.